The van der Waals surface area contributed by atoms with Gasteiger partial charge in [0.1, 0.15) is 12.4 Å². The lowest BCUT2D eigenvalue weighted by molar-refractivity contribution is 0.000887. The summed E-state index contributed by atoms with van der Waals surface area (Å²) in [5, 5.41) is 0. The molecule has 0 saturated heterocycles. The van der Waals surface area contributed by atoms with E-state index in [0.29, 0.717) is 5.56 Å². The van der Waals surface area contributed by atoms with Crippen molar-refractivity contribution in [2.75, 3.05) is 18.6 Å². The molecule has 0 aliphatic carbocycles. The zero-order valence-corrected chi connectivity index (χ0v) is 21.2. The van der Waals surface area contributed by atoms with E-state index in [0.717, 1.165) is 4.90 Å². The van der Waals surface area contributed by atoms with Crippen LogP contribution in [0.3, 0.4) is 0 Å². The molecule has 0 spiro atoms. The predicted octanol–water partition coefficient (Wildman–Crippen LogP) is 6.28. The minimum atomic E-state index is -3.95. The fraction of sp³-hybridized carbons (Fsp3) is 0.667. The first kappa shape index (κ1) is 27.4. The number of carbonyl (C=O) groups excluding carboxylic acids is 1. The average molecular weight is 506 g/mol. The molecule has 0 unspecified atom stereocenters. The number of rotatable bonds is 7. The van der Waals surface area contributed by atoms with E-state index in [9.17, 15) is 9.36 Å². The van der Waals surface area contributed by atoms with Gasteiger partial charge in [-0.1, -0.05) is 40.9 Å². The van der Waals surface area contributed by atoms with E-state index in [2.05, 4.69) is 4.98 Å². The minimum Gasteiger partial charge on any atom is -0.445 e. The zero-order valence-electron chi connectivity index (χ0n) is 18.1. The van der Waals surface area contributed by atoms with E-state index in [1.807, 2.05) is 0 Å². The van der Waals surface area contributed by atoms with Gasteiger partial charge in [-0.3, -0.25) is 18.5 Å². The maximum Gasteiger partial charge on any atom is 0.476 e. The smallest absolute Gasteiger partial charge is 0.445 e. The molecule has 1 aromatic heterocycles. The molecule has 0 aliphatic heterocycles. The molecule has 0 fully saturated rings. The summed E-state index contributed by atoms with van der Waals surface area (Å²) in [5.74, 6) is 0.213. The van der Waals surface area contributed by atoms with E-state index < -0.39 is 35.5 Å². The summed E-state index contributed by atoms with van der Waals surface area (Å²) < 4.78 is 33.2. The second kappa shape index (κ2) is 10.3. The molecule has 1 aromatic rings. The normalized spacial score (nSPS) is 13.3. The first-order valence-electron chi connectivity index (χ1n) is 8.98. The Morgan fingerprint density at radius 2 is 1.63 bits per heavy atom. The topological polar surface area (TPSA) is 87.2 Å². The first-order valence-corrected chi connectivity index (χ1v) is 11.6. The van der Waals surface area contributed by atoms with E-state index >= 15 is 0 Å². The van der Waals surface area contributed by atoms with Crippen LogP contribution in [-0.2, 0) is 29.5 Å². The molecule has 1 rings (SSSR count). The Morgan fingerprint density at radius 3 is 2.10 bits per heavy atom. The lowest BCUT2D eigenvalue weighted by Crippen LogP contribution is -2.31. The highest BCUT2D eigenvalue weighted by Gasteiger charge is 2.37. The van der Waals surface area contributed by atoms with Gasteiger partial charge in [0.15, 0.2) is 0 Å². The number of amides is 1. The summed E-state index contributed by atoms with van der Waals surface area (Å²) in [6.45, 7) is 9.77. The van der Waals surface area contributed by atoms with Gasteiger partial charge < -0.3 is 4.74 Å². The Kier molecular flexibility index (Phi) is 9.46. The van der Waals surface area contributed by atoms with Gasteiger partial charge in [-0.15, -0.1) is 0 Å². The maximum atomic E-state index is 13.2. The monoisotopic (exact) mass is 504 g/mol. The number of nitrogens with zero attached hydrogens (tertiary/aromatic N) is 2. The number of hydrogen-bond donors (Lipinski definition) is 0. The molecule has 0 radical (unpaired) electrons. The molecule has 172 valence electrons. The first-order chi connectivity index (χ1) is 13.4. The molecular weight excluding hydrogens is 478 g/mol. The SMILES string of the molecule is CN(C(=O)OCC(Cl)(Cl)Cl)c1ncccc1COP(=O)(OC(C)(C)C)OC(C)(C)C. The highest BCUT2D eigenvalue weighted by atomic mass is 35.6. The Bertz CT molecular complexity index is 754. The van der Waals surface area contributed by atoms with Crippen molar-refractivity contribution in [3.8, 4) is 0 Å². The number of pyridine rings is 1. The fourth-order valence-corrected chi connectivity index (χ4v) is 4.01. The quantitative estimate of drug-likeness (QED) is 0.318. The van der Waals surface area contributed by atoms with Crippen molar-refractivity contribution in [1.82, 2.24) is 4.98 Å². The number of aromatic nitrogens is 1. The van der Waals surface area contributed by atoms with Crippen molar-refractivity contribution in [1.29, 1.82) is 0 Å². The summed E-state index contributed by atoms with van der Waals surface area (Å²) >= 11 is 16.8. The number of phosphoric ester groups is 1. The number of halogens is 3. The summed E-state index contributed by atoms with van der Waals surface area (Å²) in [7, 11) is -2.52. The van der Waals surface area contributed by atoms with E-state index in [4.69, 9.17) is 53.1 Å². The number of ether oxygens (including phenoxy) is 1. The number of alkyl halides is 3. The second-order valence-electron chi connectivity index (χ2n) is 8.34. The third-order valence-corrected chi connectivity index (χ3v) is 5.28. The molecular formula is C18H28Cl3N2O6P. The van der Waals surface area contributed by atoms with Crippen LogP contribution in [0, 0.1) is 0 Å². The highest BCUT2D eigenvalue weighted by molar-refractivity contribution is 7.48. The van der Waals surface area contributed by atoms with Crippen LogP contribution in [0.5, 0.6) is 0 Å². The van der Waals surface area contributed by atoms with E-state index in [1.165, 1.54) is 13.2 Å². The van der Waals surface area contributed by atoms with Crippen molar-refractivity contribution in [3.05, 3.63) is 23.9 Å². The van der Waals surface area contributed by atoms with Crippen molar-refractivity contribution in [3.63, 3.8) is 0 Å². The molecule has 1 heterocycles. The van der Waals surface area contributed by atoms with Crippen LogP contribution in [0.15, 0.2) is 18.3 Å². The van der Waals surface area contributed by atoms with Crippen LogP contribution < -0.4 is 4.90 Å². The van der Waals surface area contributed by atoms with Crippen molar-refractivity contribution in [2.24, 2.45) is 0 Å². The molecule has 0 aromatic carbocycles. The number of phosphoric acid groups is 1. The molecule has 0 atom stereocenters. The van der Waals surface area contributed by atoms with Crippen LogP contribution in [0.4, 0.5) is 10.6 Å². The number of anilines is 1. The van der Waals surface area contributed by atoms with Crippen LogP contribution in [-0.4, -0.2) is 39.7 Å². The molecule has 1 amide bonds. The van der Waals surface area contributed by atoms with Crippen LogP contribution in [0.1, 0.15) is 47.1 Å². The number of carbonyl (C=O) groups is 1. The third-order valence-electron chi connectivity index (χ3n) is 2.97. The van der Waals surface area contributed by atoms with Gasteiger partial charge in [0, 0.05) is 18.8 Å². The lowest BCUT2D eigenvalue weighted by atomic mass is 10.2. The van der Waals surface area contributed by atoms with Gasteiger partial charge in [0.05, 0.1) is 17.8 Å². The summed E-state index contributed by atoms with van der Waals surface area (Å²) in [6.07, 6.45) is 0.690. The average Bonchev–Trinajstić information content (AvgIpc) is 2.53. The third kappa shape index (κ3) is 10.6. The maximum absolute atomic E-state index is 13.2. The van der Waals surface area contributed by atoms with Gasteiger partial charge in [-0.05, 0) is 47.6 Å². The molecule has 0 saturated carbocycles. The minimum absolute atomic E-state index is 0.200. The van der Waals surface area contributed by atoms with E-state index in [-0.39, 0.29) is 12.4 Å². The molecule has 0 N–H and O–H groups in total. The Balaban J connectivity index is 3.02. The molecule has 0 bridgehead atoms. The van der Waals surface area contributed by atoms with Crippen molar-refractivity contribution in [2.45, 2.75) is 63.1 Å². The van der Waals surface area contributed by atoms with Crippen LogP contribution in [0.2, 0.25) is 0 Å². The van der Waals surface area contributed by atoms with Crippen LogP contribution in [0.25, 0.3) is 0 Å². The summed E-state index contributed by atoms with van der Waals surface area (Å²) in [4.78, 5) is 17.6. The lowest BCUT2D eigenvalue weighted by Gasteiger charge is -2.31. The summed E-state index contributed by atoms with van der Waals surface area (Å²) in [5.41, 5.74) is -1.12. The van der Waals surface area contributed by atoms with Gasteiger partial charge in [0.25, 0.3) is 0 Å². The van der Waals surface area contributed by atoms with E-state index in [1.54, 1.807) is 53.7 Å². The highest BCUT2D eigenvalue weighted by Crippen LogP contribution is 2.56. The summed E-state index contributed by atoms with van der Waals surface area (Å²) in [6, 6.07) is 3.29. The Morgan fingerprint density at radius 1 is 1.10 bits per heavy atom. The van der Waals surface area contributed by atoms with Crippen LogP contribution >= 0.6 is 42.6 Å². The molecule has 8 nitrogen and oxygen atoms in total. The fourth-order valence-electron chi connectivity index (χ4n) is 2.06. The van der Waals surface area contributed by atoms with Gasteiger partial charge in [-0.25, -0.2) is 14.3 Å². The van der Waals surface area contributed by atoms with Gasteiger partial charge in [0.2, 0.25) is 3.79 Å². The Hall–Kier alpha value is -0.600. The standard InChI is InChI=1S/C18H28Cl3N2O6P/c1-16(2,3)28-30(25,29-17(4,5)6)27-11-13-9-8-10-22-14(13)23(7)15(24)26-12-18(19,20)21/h8-10H,11-12H2,1-7H3. The molecule has 30 heavy (non-hydrogen) atoms. The number of hydrogen-bond acceptors (Lipinski definition) is 7. The van der Waals surface area contributed by atoms with Gasteiger partial charge >= 0.3 is 13.9 Å². The second-order valence-corrected chi connectivity index (χ2v) is 12.4. The van der Waals surface area contributed by atoms with Crippen molar-refractivity contribution >= 4 is 54.5 Å². The van der Waals surface area contributed by atoms with Gasteiger partial charge in [-0.2, -0.15) is 0 Å². The zero-order chi connectivity index (χ0) is 23.4. The molecule has 12 heteroatoms. The predicted molar refractivity (Wildman–Crippen MR) is 118 cm³/mol. The Labute approximate surface area is 192 Å². The largest absolute Gasteiger partial charge is 0.476 e. The van der Waals surface area contributed by atoms with Crippen molar-refractivity contribution < 1.29 is 27.7 Å². The molecule has 0 aliphatic rings.